The number of rotatable bonds is 3. The van der Waals surface area contributed by atoms with E-state index in [4.69, 9.17) is 9.52 Å². The summed E-state index contributed by atoms with van der Waals surface area (Å²) in [5, 5.41) is 18.7. The zero-order valence-corrected chi connectivity index (χ0v) is 8.23. The standard InChI is InChI=1S/C10H14O4/c1-6(11)5-9(12)8-3-4-10(13)14-7(8)2/h3-4,6,9,11-12H,5H2,1-2H3/t6-,9+/m1/s1. The number of aliphatic hydroxyl groups excluding tert-OH is 2. The Labute approximate surface area is 81.8 Å². The van der Waals surface area contributed by atoms with Crippen molar-refractivity contribution in [2.45, 2.75) is 32.5 Å². The van der Waals surface area contributed by atoms with E-state index < -0.39 is 17.8 Å². The summed E-state index contributed by atoms with van der Waals surface area (Å²) in [4.78, 5) is 10.8. The van der Waals surface area contributed by atoms with Crippen LogP contribution in [0.3, 0.4) is 0 Å². The predicted molar refractivity (Wildman–Crippen MR) is 51.0 cm³/mol. The first-order valence-corrected chi connectivity index (χ1v) is 4.47. The fourth-order valence-corrected chi connectivity index (χ4v) is 1.31. The lowest BCUT2D eigenvalue weighted by molar-refractivity contribution is 0.0887. The Morgan fingerprint density at radius 2 is 2.07 bits per heavy atom. The molecule has 0 aromatic carbocycles. The maximum absolute atomic E-state index is 10.8. The van der Waals surface area contributed by atoms with Gasteiger partial charge in [0.2, 0.25) is 0 Å². The zero-order valence-electron chi connectivity index (χ0n) is 8.23. The van der Waals surface area contributed by atoms with Gasteiger partial charge in [-0.1, -0.05) is 0 Å². The summed E-state index contributed by atoms with van der Waals surface area (Å²) in [6, 6.07) is 2.78. The van der Waals surface area contributed by atoms with E-state index in [1.54, 1.807) is 13.8 Å². The van der Waals surface area contributed by atoms with E-state index in [2.05, 4.69) is 0 Å². The summed E-state index contributed by atoms with van der Waals surface area (Å²) >= 11 is 0. The van der Waals surface area contributed by atoms with Crippen LogP contribution in [0.2, 0.25) is 0 Å². The monoisotopic (exact) mass is 198 g/mol. The lowest BCUT2D eigenvalue weighted by Gasteiger charge is -2.13. The third kappa shape index (κ3) is 2.68. The molecule has 0 amide bonds. The fraction of sp³-hybridized carbons (Fsp3) is 0.500. The Balaban J connectivity index is 2.90. The normalized spacial score (nSPS) is 15.1. The third-order valence-electron chi connectivity index (χ3n) is 1.98. The SMILES string of the molecule is Cc1oc(=O)ccc1[C@@H](O)C[C@@H](C)O. The van der Waals surface area contributed by atoms with Crippen LogP contribution in [0.4, 0.5) is 0 Å². The van der Waals surface area contributed by atoms with E-state index in [0.717, 1.165) is 0 Å². The molecule has 2 N–H and O–H groups in total. The maximum atomic E-state index is 10.8. The first-order chi connectivity index (χ1) is 6.50. The minimum atomic E-state index is -0.792. The Kier molecular flexibility index (Phi) is 3.43. The summed E-state index contributed by atoms with van der Waals surface area (Å²) in [6.45, 7) is 3.21. The zero-order chi connectivity index (χ0) is 10.7. The lowest BCUT2D eigenvalue weighted by Crippen LogP contribution is -2.11. The molecule has 0 radical (unpaired) electrons. The third-order valence-corrected chi connectivity index (χ3v) is 1.98. The van der Waals surface area contributed by atoms with Gasteiger partial charge in [0, 0.05) is 18.1 Å². The second-order valence-electron chi connectivity index (χ2n) is 3.37. The number of aliphatic hydroxyl groups is 2. The number of aryl methyl sites for hydroxylation is 1. The second-order valence-corrected chi connectivity index (χ2v) is 3.37. The van der Waals surface area contributed by atoms with Crippen LogP contribution in [0, 0.1) is 6.92 Å². The molecule has 0 fully saturated rings. The van der Waals surface area contributed by atoms with Crippen LogP contribution < -0.4 is 5.63 Å². The maximum Gasteiger partial charge on any atom is 0.335 e. The van der Waals surface area contributed by atoms with Gasteiger partial charge in [0.05, 0.1) is 12.2 Å². The topological polar surface area (TPSA) is 70.7 Å². The summed E-state index contributed by atoms with van der Waals surface area (Å²) in [5.41, 5.74) is 0.112. The summed E-state index contributed by atoms with van der Waals surface area (Å²) in [7, 11) is 0. The first-order valence-electron chi connectivity index (χ1n) is 4.47. The quantitative estimate of drug-likeness (QED) is 0.752. The molecule has 0 bridgehead atoms. The molecule has 1 rings (SSSR count). The van der Waals surface area contributed by atoms with Crippen molar-refractivity contribution < 1.29 is 14.6 Å². The van der Waals surface area contributed by atoms with Crippen molar-refractivity contribution in [3.05, 3.63) is 33.9 Å². The Morgan fingerprint density at radius 1 is 1.43 bits per heavy atom. The molecule has 78 valence electrons. The van der Waals surface area contributed by atoms with Gasteiger partial charge in [0.1, 0.15) is 5.76 Å². The highest BCUT2D eigenvalue weighted by atomic mass is 16.4. The van der Waals surface area contributed by atoms with Crippen molar-refractivity contribution in [2.24, 2.45) is 0 Å². The minimum absolute atomic E-state index is 0.231. The van der Waals surface area contributed by atoms with Crippen LogP contribution in [-0.4, -0.2) is 16.3 Å². The van der Waals surface area contributed by atoms with Crippen molar-refractivity contribution >= 4 is 0 Å². The molecule has 0 aliphatic heterocycles. The minimum Gasteiger partial charge on any atom is -0.428 e. The fourth-order valence-electron chi connectivity index (χ4n) is 1.31. The van der Waals surface area contributed by atoms with Crippen LogP contribution >= 0.6 is 0 Å². The highest BCUT2D eigenvalue weighted by Gasteiger charge is 2.14. The molecule has 0 unspecified atom stereocenters. The number of hydrogen-bond acceptors (Lipinski definition) is 4. The largest absolute Gasteiger partial charge is 0.428 e. The van der Waals surface area contributed by atoms with Crippen molar-refractivity contribution in [1.29, 1.82) is 0 Å². The molecule has 1 heterocycles. The molecular formula is C10H14O4. The van der Waals surface area contributed by atoms with E-state index in [9.17, 15) is 9.90 Å². The average molecular weight is 198 g/mol. The Bertz CT molecular complexity index is 353. The number of hydrogen-bond donors (Lipinski definition) is 2. The van der Waals surface area contributed by atoms with Crippen molar-refractivity contribution in [3.63, 3.8) is 0 Å². The van der Waals surface area contributed by atoms with E-state index in [1.165, 1.54) is 12.1 Å². The molecule has 1 aromatic heterocycles. The highest BCUT2D eigenvalue weighted by molar-refractivity contribution is 5.18. The molecular weight excluding hydrogens is 184 g/mol. The molecule has 0 saturated carbocycles. The van der Waals surface area contributed by atoms with E-state index in [1.807, 2.05) is 0 Å². The summed E-state index contributed by atoms with van der Waals surface area (Å²) < 4.78 is 4.81. The summed E-state index contributed by atoms with van der Waals surface area (Å²) in [6.07, 6.45) is -1.15. The van der Waals surface area contributed by atoms with Gasteiger partial charge in [-0.05, 0) is 19.9 Å². The molecule has 14 heavy (non-hydrogen) atoms. The molecule has 1 aromatic rings. The Hall–Kier alpha value is -1.13. The van der Waals surface area contributed by atoms with Gasteiger partial charge < -0.3 is 14.6 Å². The smallest absolute Gasteiger partial charge is 0.335 e. The van der Waals surface area contributed by atoms with Crippen LogP contribution in [-0.2, 0) is 0 Å². The summed E-state index contributed by atoms with van der Waals surface area (Å²) in [5.74, 6) is 0.394. The molecule has 2 atom stereocenters. The molecule has 4 heteroatoms. The average Bonchev–Trinajstić information content (AvgIpc) is 2.01. The molecule has 0 aliphatic rings. The van der Waals surface area contributed by atoms with Gasteiger partial charge in [-0.3, -0.25) is 0 Å². The highest BCUT2D eigenvalue weighted by Crippen LogP contribution is 2.20. The predicted octanol–water partition coefficient (Wildman–Crippen LogP) is 0.753. The van der Waals surface area contributed by atoms with Crippen molar-refractivity contribution in [2.75, 3.05) is 0 Å². The first kappa shape index (κ1) is 10.9. The molecule has 0 saturated heterocycles. The van der Waals surface area contributed by atoms with Crippen LogP contribution in [0.25, 0.3) is 0 Å². The van der Waals surface area contributed by atoms with Gasteiger partial charge in [0.25, 0.3) is 0 Å². The van der Waals surface area contributed by atoms with Crippen molar-refractivity contribution in [3.8, 4) is 0 Å². The van der Waals surface area contributed by atoms with E-state index in [0.29, 0.717) is 11.3 Å². The van der Waals surface area contributed by atoms with E-state index >= 15 is 0 Å². The van der Waals surface area contributed by atoms with Crippen LogP contribution in [0.1, 0.15) is 30.8 Å². The van der Waals surface area contributed by atoms with Crippen LogP contribution in [0.5, 0.6) is 0 Å². The van der Waals surface area contributed by atoms with Crippen LogP contribution in [0.15, 0.2) is 21.3 Å². The van der Waals surface area contributed by atoms with Crippen molar-refractivity contribution in [1.82, 2.24) is 0 Å². The molecule has 0 aliphatic carbocycles. The van der Waals surface area contributed by atoms with E-state index in [-0.39, 0.29) is 6.42 Å². The second kappa shape index (κ2) is 4.39. The van der Waals surface area contributed by atoms with Gasteiger partial charge in [-0.25, -0.2) is 4.79 Å². The van der Waals surface area contributed by atoms with Gasteiger partial charge in [-0.15, -0.1) is 0 Å². The van der Waals surface area contributed by atoms with Gasteiger partial charge >= 0.3 is 5.63 Å². The van der Waals surface area contributed by atoms with Gasteiger partial charge in [-0.2, -0.15) is 0 Å². The molecule has 4 nitrogen and oxygen atoms in total. The molecule has 0 spiro atoms. The lowest BCUT2D eigenvalue weighted by atomic mass is 10.0. The Morgan fingerprint density at radius 3 is 2.57 bits per heavy atom. The van der Waals surface area contributed by atoms with Gasteiger partial charge in [0.15, 0.2) is 0 Å².